The van der Waals surface area contributed by atoms with Gasteiger partial charge in [0.1, 0.15) is 17.3 Å². The molecule has 0 atom stereocenters. The van der Waals surface area contributed by atoms with Crippen molar-refractivity contribution in [3.05, 3.63) is 46.0 Å². The normalized spacial score (nSPS) is 10.3. The highest BCUT2D eigenvalue weighted by atomic mass is 79.9. The summed E-state index contributed by atoms with van der Waals surface area (Å²) in [6, 6.07) is 5.29. The molecule has 0 saturated heterocycles. The number of nitrogens with zero attached hydrogens (tertiary/aromatic N) is 1. The van der Waals surface area contributed by atoms with Crippen LogP contribution in [0.15, 0.2) is 33.3 Å². The quantitative estimate of drug-likeness (QED) is 0.911. The summed E-state index contributed by atoms with van der Waals surface area (Å²) in [7, 11) is 0. The van der Waals surface area contributed by atoms with Crippen LogP contribution >= 0.6 is 15.9 Å². The molecule has 6 heteroatoms. The molecular formula is C12H12BrN3O2. The van der Waals surface area contributed by atoms with Crippen LogP contribution in [-0.4, -0.2) is 10.9 Å². The highest BCUT2D eigenvalue weighted by molar-refractivity contribution is 9.10. The zero-order valence-corrected chi connectivity index (χ0v) is 11.3. The first-order valence-corrected chi connectivity index (χ1v) is 6.10. The molecule has 0 bridgehead atoms. The Morgan fingerprint density at radius 3 is 3.00 bits per heavy atom. The Balaban J connectivity index is 2.05. The number of aromatic nitrogens is 1. The van der Waals surface area contributed by atoms with Gasteiger partial charge in [0, 0.05) is 10.7 Å². The Morgan fingerprint density at radius 1 is 1.56 bits per heavy atom. The number of pyridine rings is 1. The molecule has 0 fully saturated rings. The first-order chi connectivity index (χ1) is 8.56. The Labute approximate surface area is 113 Å². The van der Waals surface area contributed by atoms with Crippen LogP contribution < -0.4 is 11.1 Å². The largest absolute Gasteiger partial charge is 0.465 e. The third-order valence-electron chi connectivity index (χ3n) is 2.35. The van der Waals surface area contributed by atoms with E-state index in [9.17, 15) is 4.79 Å². The number of nitrogen functional groups attached to an aromatic ring is 1. The second-order valence-corrected chi connectivity index (χ2v) is 4.70. The van der Waals surface area contributed by atoms with Gasteiger partial charge in [-0.3, -0.25) is 4.79 Å². The fraction of sp³-hybridized carbons (Fsp3) is 0.167. The van der Waals surface area contributed by atoms with Crippen molar-refractivity contribution in [1.29, 1.82) is 0 Å². The molecule has 0 aliphatic heterocycles. The minimum atomic E-state index is -0.282. The third-order valence-corrected chi connectivity index (χ3v) is 2.78. The van der Waals surface area contributed by atoms with Gasteiger partial charge >= 0.3 is 0 Å². The average Bonchev–Trinajstić information content (AvgIpc) is 2.75. The highest BCUT2D eigenvalue weighted by Gasteiger charge is 2.11. The second kappa shape index (κ2) is 5.22. The summed E-state index contributed by atoms with van der Waals surface area (Å²) in [6.07, 6.45) is 1.54. The molecule has 0 radical (unpaired) electrons. The summed E-state index contributed by atoms with van der Waals surface area (Å²) in [4.78, 5) is 15.8. The number of hydrogen-bond donors (Lipinski definition) is 2. The van der Waals surface area contributed by atoms with Gasteiger partial charge in [-0.15, -0.1) is 0 Å². The SMILES string of the molecule is Cc1ccc(CNC(=O)c2cc(Br)cnc2N)o1. The minimum absolute atomic E-state index is 0.200. The number of nitrogens with two attached hydrogens (primary N) is 1. The lowest BCUT2D eigenvalue weighted by atomic mass is 10.2. The van der Waals surface area contributed by atoms with Crippen molar-refractivity contribution >= 4 is 27.7 Å². The van der Waals surface area contributed by atoms with E-state index < -0.39 is 0 Å². The molecule has 0 aliphatic carbocycles. The van der Waals surface area contributed by atoms with E-state index in [1.165, 1.54) is 0 Å². The van der Waals surface area contributed by atoms with E-state index in [-0.39, 0.29) is 11.7 Å². The molecule has 0 spiro atoms. The Morgan fingerprint density at radius 2 is 2.33 bits per heavy atom. The molecule has 94 valence electrons. The predicted molar refractivity (Wildman–Crippen MR) is 71.0 cm³/mol. The van der Waals surface area contributed by atoms with Crippen molar-refractivity contribution < 1.29 is 9.21 Å². The number of hydrogen-bond acceptors (Lipinski definition) is 4. The van der Waals surface area contributed by atoms with Crippen LogP contribution in [0.5, 0.6) is 0 Å². The molecule has 18 heavy (non-hydrogen) atoms. The van der Waals surface area contributed by atoms with Crippen LogP contribution in [0.25, 0.3) is 0 Å². The van der Waals surface area contributed by atoms with E-state index in [2.05, 4.69) is 26.2 Å². The third kappa shape index (κ3) is 2.89. The molecule has 0 aliphatic rings. The first kappa shape index (κ1) is 12.6. The number of rotatable bonds is 3. The molecular weight excluding hydrogens is 298 g/mol. The fourth-order valence-electron chi connectivity index (χ4n) is 1.47. The molecule has 0 saturated carbocycles. The number of anilines is 1. The second-order valence-electron chi connectivity index (χ2n) is 3.78. The molecule has 2 aromatic heterocycles. The van der Waals surface area contributed by atoms with E-state index in [0.717, 1.165) is 5.76 Å². The summed E-state index contributed by atoms with van der Waals surface area (Å²) < 4.78 is 6.06. The minimum Gasteiger partial charge on any atom is -0.465 e. The number of carbonyl (C=O) groups excluding carboxylic acids is 1. The maximum Gasteiger partial charge on any atom is 0.255 e. The number of furan rings is 1. The lowest BCUT2D eigenvalue weighted by Crippen LogP contribution is -2.24. The Kier molecular flexibility index (Phi) is 3.66. The zero-order valence-electron chi connectivity index (χ0n) is 9.74. The van der Waals surface area contributed by atoms with Crippen molar-refractivity contribution in [1.82, 2.24) is 10.3 Å². The number of nitrogens with one attached hydrogen (secondary N) is 1. The van der Waals surface area contributed by atoms with Gasteiger partial charge in [0.05, 0.1) is 12.1 Å². The summed E-state index contributed by atoms with van der Waals surface area (Å²) >= 11 is 3.25. The van der Waals surface area contributed by atoms with Crippen molar-refractivity contribution in [2.24, 2.45) is 0 Å². The van der Waals surface area contributed by atoms with Gasteiger partial charge < -0.3 is 15.5 Å². The van der Waals surface area contributed by atoms with E-state index in [4.69, 9.17) is 10.2 Å². The van der Waals surface area contributed by atoms with Gasteiger partial charge in [0.25, 0.3) is 5.91 Å². The zero-order chi connectivity index (χ0) is 13.1. The van der Waals surface area contributed by atoms with Crippen LogP contribution in [0, 0.1) is 6.92 Å². The van der Waals surface area contributed by atoms with Gasteiger partial charge in [-0.1, -0.05) is 0 Å². The molecule has 1 amide bonds. The standard InChI is InChI=1S/C12H12BrN3O2/c1-7-2-3-9(18-7)6-16-12(17)10-4-8(13)5-15-11(10)14/h2-5H,6H2,1H3,(H2,14,15)(H,16,17). The van der Waals surface area contributed by atoms with E-state index in [0.29, 0.717) is 22.3 Å². The van der Waals surface area contributed by atoms with Crippen LogP contribution in [0.4, 0.5) is 5.82 Å². The van der Waals surface area contributed by atoms with E-state index in [1.54, 1.807) is 12.3 Å². The van der Waals surface area contributed by atoms with Crippen LogP contribution in [0.1, 0.15) is 21.9 Å². The number of amides is 1. The van der Waals surface area contributed by atoms with Crippen molar-refractivity contribution in [3.8, 4) is 0 Å². The lowest BCUT2D eigenvalue weighted by molar-refractivity contribution is 0.0948. The topological polar surface area (TPSA) is 81.2 Å². The van der Waals surface area contributed by atoms with Gasteiger partial charge in [-0.05, 0) is 41.1 Å². The fourth-order valence-corrected chi connectivity index (χ4v) is 1.81. The van der Waals surface area contributed by atoms with E-state index >= 15 is 0 Å². The van der Waals surface area contributed by atoms with Crippen LogP contribution in [0.2, 0.25) is 0 Å². The van der Waals surface area contributed by atoms with Crippen LogP contribution in [0.3, 0.4) is 0 Å². The van der Waals surface area contributed by atoms with Gasteiger partial charge in [-0.25, -0.2) is 4.98 Å². The predicted octanol–water partition coefficient (Wildman–Crippen LogP) is 2.26. The molecule has 0 aromatic carbocycles. The molecule has 0 unspecified atom stereocenters. The monoisotopic (exact) mass is 309 g/mol. The highest BCUT2D eigenvalue weighted by Crippen LogP contribution is 2.15. The number of carbonyl (C=O) groups is 1. The van der Waals surface area contributed by atoms with Crippen molar-refractivity contribution in [2.75, 3.05) is 5.73 Å². The molecule has 2 aromatic rings. The number of aryl methyl sites for hydroxylation is 1. The number of halogens is 1. The molecule has 5 nitrogen and oxygen atoms in total. The first-order valence-electron chi connectivity index (χ1n) is 5.31. The Hall–Kier alpha value is -1.82. The maximum absolute atomic E-state index is 11.9. The summed E-state index contributed by atoms with van der Waals surface area (Å²) in [5.41, 5.74) is 5.99. The lowest BCUT2D eigenvalue weighted by Gasteiger charge is -2.06. The summed E-state index contributed by atoms with van der Waals surface area (Å²) in [5, 5.41) is 2.72. The Bertz CT molecular complexity index is 580. The summed E-state index contributed by atoms with van der Waals surface area (Å²) in [6.45, 7) is 2.17. The van der Waals surface area contributed by atoms with Crippen LogP contribution in [-0.2, 0) is 6.54 Å². The summed E-state index contributed by atoms with van der Waals surface area (Å²) in [5.74, 6) is 1.42. The smallest absolute Gasteiger partial charge is 0.255 e. The average molecular weight is 310 g/mol. The van der Waals surface area contributed by atoms with E-state index in [1.807, 2.05) is 19.1 Å². The van der Waals surface area contributed by atoms with Crippen molar-refractivity contribution in [2.45, 2.75) is 13.5 Å². The van der Waals surface area contributed by atoms with Crippen molar-refractivity contribution in [3.63, 3.8) is 0 Å². The van der Waals surface area contributed by atoms with Gasteiger partial charge in [-0.2, -0.15) is 0 Å². The molecule has 3 N–H and O–H groups in total. The molecule has 2 rings (SSSR count). The van der Waals surface area contributed by atoms with Gasteiger partial charge in [0.2, 0.25) is 0 Å². The maximum atomic E-state index is 11.9. The molecule has 2 heterocycles. The van der Waals surface area contributed by atoms with Gasteiger partial charge in [0.15, 0.2) is 0 Å².